The topological polar surface area (TPSA) is 136 Å². The number of nitrogens with one attached hydrogen (secondary N) is 1. The molecule has 0 radical (unpaired) electrons. The monoisotopic (exact) mass is 511 g/mol. The summed E-state index contributed by atoms with van der Waals surface area (Å²) < 4.78 is 34.9. The van der Waals surface area contributed by atoms with E-state index in [1.807, 2.05) is 23.9 Å². The molecule has 12 nitrogen and oxygen atoms in total. The van der Waals surface area contributed by atoms with Crippen molar-refractivity contribution in [1.29, 1.82) is 0 Å². The van der Waals surface area contributed by atoms with Crippen molar-refractivity contribution in [3.63, 3.8) is 0 Å². The number of hydrogen-bond donors (Lipinski definition) is 2. The number of anilines is 3. The van der Waals surface area contributed by atoms with Gasteiger partial charge in [0.05, 0.1) is 36.1 Å². The summed E-state index contributed by atoms with van der Waals surface area (Å²) in [6.45, 7) is 3.42. The maximum atomic E-state index is 14.1. The van der Waals surface area contributed by atoms with Gasteiger partial charge < -0.3 is 25.6 Å². The zero-order valence-electron chi connectivity index (χ0n) is 20.5. The molecule has 1 aromatic carbocycles. The Balaban J connectivity index is 1.65. The van der Waals surface area contributed by atoms with Crippen molar-refractivity contribution in [2.75, 3.05) is 69.4 Å². The van der Waals surface area contributed by atoms with E-state index in [9.17, 15) is 8.78 Å². The summed E-state index contributed by atoms with van der Waals surface area (Å²) in [5.41, 5.74) is 7.59. The van der Waals surface area contributed by atoms with Gasteiger partial charge >= 0.3 is 0 Å². The van der Waals surface area contributed by atoms with Gasteiger partial charge in [0, 0.05) is 26.2 Å². The number of nitrogen functional groups attached to an aromatic ring is 1. The summed E-state index contributed by atoms with van der Waals surface area (Å²) in [4.78, 5) is 30.6. The van der Waals surface area contributed by atoms with Gasteiger partial charge in [-0.15, -0.1) is 0 Å². The number of ether oxygens (including phenoxy) is 1. The fourth-order valence-corrected chi connectivity index (χ4v) is 3.91. The maximum absolute atomic E-state index is 14.1. The molecule has 5 rings (SSSR count). The summed E-state index contributed by atoms with van der Waals surface area (Å²) >= 11 is 0. The molecule has 0 bridgehead atoms. The van der Waals surface area contributed by atoms with Crippen LogP contribution in [0.15, 0.2) is 30.5 Å². The fourth-order valence-electron chi connectivity index (χ4n) is 3.91. The Hall–Kier alpha value is -4.04. The Kier molecular flexibility index (Phi) is 7.01. The minimum Gasteiger partial charge on any atom is -0.396 e. The number of morpholine rings is 1. The van der Waals surface area contributed by atoms with Gasteiger partial charge in [-0.1, -0.05) is 12.1 Å². The molecule has 1 fully saturated rings. The lowest BCUT2D eigenvalue weighted by Crippen LogP contribution is -2.37. The second kappa shape index (κ2) is 10.5. The summed E-state index contributed by atoms with van der Waals surface area (Å²) in [6.07, 6.45) is -1.38. The lowest BCUT2D eigenvalue weighted by Gasteiger charge is -2.27. The predicted molar refractivity (Wildman–Crippen MR) is 135 cm³/mol. The molecule has 1 aliphatic rings. The Morgan fingerprint density at radius 2 is 1.81 bits per heavy atom. The number of para-hydroxylation sites is 2. The van der Waals surface area contributed by atoms with E-state index in [1.165, 1.54) is 10.8 Å². The number of nitrogens with zero attached hydrogens (tertiary/aromatic N) is 9. The Bertz CT molecular complexity index is 1390. The normalized spacial score (nSPS) is 14.2. The zero-order valence-corrected chi connectivity index (χ0v) is 20.5. The molecule has 194 valence electrons. The Labute approximate surface area is 211 Å². The molecule has 0 unspecified atom stereocenters. The second-order valence-corrected chi connectivity index (χ2v) is 8.68. The van der Waals surface area contributed by atoms with E-state index >= 15 is 0 Å². The Morgan fingerprint density at radius 1 is 1.05 bits per heavy atom. The summed E-state index contributed by atoms with van der Waals surface area (Å²) in [5, 5.41) is 3.15. The van der Waals surface area contributed by atoms with Crippen molar-refractivity contribution < 1.29 is 13.5 Å². The van der Waals surface area contributed by atoms with E-state index in [2.05, 4.69) is 35.2 Å². The average molecular weight is 512 g/mol. The van der Waals surface area contributed by atoms with Crippen molar-refractivity contribution in [2.45, 2.75) is 6.43 Å². The van der Waals surface area contributed by atoms with Gasteiger partial charge in [0.15, 0.2) is 11.6 Å². The first-order valence-electron chi connectivity index (χ1n) is 11.8. The number of nitrogens with two attached hydrogens (primary N) is 1. The van der Waals surface area contributed by atoms with Crippen LogP contribution in [-0.4, -0.2) is 92.9 Å². The van der Waals surface area contributed by atoms with E-state index in [4.69, 9.17) is 10.5 Å². The van der Waals surface area contributed by atoms with E-state index < -0.39 is 12.2 Å². The smallest absolute Gasteiger partial charge is 0.296 e. The number of imidazole rings is 1. The second-order valence-electron chi connectivity index (χ2n) is 8.68. The highest BCUT2D eigenvalue weighted by Crippen LogP contribution is 2.29. The van der Waals surface area contributed by atoms with Crippen LogP contribution < -0.4 is 16.0 Å². The number of aromatic nitrogens is 7. The molecular weight excluding hydrogens is 484 g/mol. The minimum atomic E-state index is -2.85. The van der Waals surface area contributed by atoms with Crippen LogP contribution in [0.3, 0.4) is 0 Å². The number of alkyl halides is 2. The molecule has 0 saturated carbocycles. The van der Waals surface area contributed by atoms with Gasteiger partial charge in [-0.25, -0.2) is 23.7 Å². The van der Waals surface area contributed by atoms with Crippen molar-refractivity contribution in [3.05, 3.63) is 36.3 Å². The molecule has 4 aromatic rings. The minimum absolute atomic E-state index is 0.00405. The first-order valence-corrected chi connectivity index (χ1v) is 11.8. The van der Waals surface area contributed by atoms with E-state index in [-0.39, 0.29) is 23.2 Å². The number of fused-ring (bicyclic) bond motifs is 1. The van der Waals surface area contributed by atoms with Crippen LogP contribution in [0, 0.1) is 0 Å². The number of hydrogen-bond acceptors (Lipinski definition) is 11. The molecule has 3 N–H and O–H groups in total. The van der Waals surface area contributed by atoms with Crippen LogP contribution in [0.2, 0.25) is 0 Å². The molecule has 0 spiro atoms. The highest BCUT2D eigenvalue weighted by atomic mass is 19.3. The van der Waals surface area contributed by atoms with Crippen LogP contribution in [0.5, 0.6) is 0 Å². The van der Waals surface area contributed by atoms with Crippen LogP contribution in [0.4, 0.5) is 26.4 Å². The lowest BCUT2D eigenvalue weighted by atomic mass is 10.3. The average Bonchev–Trinajstić information content (AvgIpc) is 3.30. The number of rotatable bonds is 8. The Morgan fingerprint density at radius 3 is 2.57 bits per heavy atom. The number of likely N-dealkylation sites (N-methyl/N-ethyl adjacent to an activating group) is 1. The summed E-state index contributed by atoms with van der Waals surface area (Å²) in [7, 11) is 3.92. The van der Waals surface area contributed by atoms with Crippen molar-refractivity contribution in [1.82, 2.24) is 39.4 Å². The molecule has 37 heavy (non-hydrogen) atoms. The molecule has 0 amide bonds. The molecular formula is C23H27F2N11O. The molecule has 1 aliphatic heterocycles. The van der Waals surface area contributed by atoms with E-state index in [1.54, 1.807) is 24.3 Å². The highest BCUT2D eigenvalue weighted by molar-refractivity contribution is 5.78. The van der Waals surface area contributed by atoms with Crippen LogP contribution in [-0.2, 0) is 4.74 Å². The SMILES string of the molecule is CN(C)CCNc1ncc(N)c(-c2nc(N3CCOCC3)nc(-n3c(C(F)F)nc4ccccc43)n2)n1. The third-order valence-electron chi connectivity index (χ3n) is 5.76. The molecule has 1 saturated heterocycles. The zero-order chi connectivity index (χ0) is 25.9. The van der Waals surface area contributed by atoms with Crippen molar-refractivity contribution in [3.8, 4) is 17.5 Å². The third-order valence-corrected chi connectivity index (χ3v) is 5.76. The number of halogens is 2. The van der Waals surface area contributed by atoms with E-state index in [0.717, 1.165) is 6.54 Å². The van der Waals surface area contributed by atoms with Crippen LogP contribution in [0.25, 0.3) is 28.5 Å². The molecule has 4 heterocycles. The van der Waals surface area contributed by atoms with Gasteiger partial charge in [0.1, 0.15) is 5.69 Å². The van der Waals surface area contributed by atoms with E-state index in [0.29, 0.717) is 55.8 Å². The standard InChI is InChI=1S/C23H27F2N11O/c1-34(2)8-7-27-21-28-13-14(26)17(30-21)19-31-22(35-9-11-37-12-10-35)33-23(32-19)36-16-6-4-3-5-15(16)29-20(36)18(24)25/h3-6,13,18H,7-12,26H2,1-2H3,(H,27,28,30). The lowest BCUT2D eigenvalue weighted by molar-refractivity contribution is 0.122. The molecule has 0 aliphatic carbocycles. The van der Waals surface area contributed by atoms with Gasteiger partial charge in [0.2, 0.25) is 17.8 Å². The quantitative estimate of drug-likeness (QED) is 0.359. The first-order chi connectivity index (χ1) is 17.9. The van der Waals surface area contributed by atoms with Crippen molar-refractivity contribution in [2.24, 2.45) is 0 Å². The maximum Gasteiger partial charge on any atom is 0.296 e. The van der Waals surface area contributed by atoms with Gasteiger partial charge in [-0.3, -0.25) is 4.57 Å². The van der Waals surface area contributed by atoms with Crippen LogP contribution in [0.1, 0.15) is 12.2 Å². The van der Waals surface area contributed by atoms with Crippen LogP contribution >= 0.6 is 0 Å². The molecule has 0 atom stereocenters. The van der Waals surface area contributed by atoms with Gasteiger partial charge in [-0.2, -0.15) is 15.0 Å². The summed E-state index contributed by atoms with van der Waals surface area (Å²) in [5.74, 6) is 0.326. The summed E-state index contributed by atoms with van der Waals surface area (Å²) in [6, 6.07) is 6.84. The van der Waals surface area contributed by atoms with Gasteiger partial charge in [-0.05, 0) is 26.2 Å². The van der Waals surface area contributed by atoms with Crippen molar-refractivity contribution >= 4 is 28.6 Å². The third kappa shape index (κ3) is 5.24. The molecule has 3 aromatic heterocycles. The first kappa shape index (κ1) is 24.6. The highest BCUT2D eigenvalue weighted by Gasteiger charge is 2.25. The predicted octanol–water partition coefficient (Wildman–Crippen LogP) is 2.00. The van der Waals surface area contributed by atoms with Gasteiger partial charge in [0.25, 0.3) is 6.43 Å². The largest absolute Gasteiger partial charge is 0.396 e. The molecule has 14 heteroatoms. The fraction of sp³-hybridized carbons (Fsp3) is 0.391. The number of benzene rings is 1.